The van der Waals surface area contributed by atoms with Crippen LogP contribution in [0.25, 0.3) is 0 Å². The number of piperazine rings is 3. The summed E-state index contributed by atoms with van der Waals surface area (Å²) in [5.74, 6) is 0. The monoisotopic (exact) mass is 155 g/mol. The van der Waals surface area contributed by atoms with Crippen molar-refractivity contribution in [2.45, 2.75) is 6.04 Å². The van der Waals surface area contributed by atoms with Gasteiger partial charge in [-0.05, 0) is 7.05 Å². The lowest BCUT2D eigenvalue weighted by Crippen LogP contribution is -2.63. The van der Waals surface area contributed by atoms with Gasteiger partial charge in [-0.3, -0.25) is 9.80 Å². The van der Waals surface area contributed by atoms with E-state index in [0.29, 0.717) is 0 Å². The lowest BCUT2D eigenvalue weighted by atomic mass is 10.1. The molecule has 3 aliphatic rings. The van der Waals surface area contributed by atoms with Gasteiger partial charge in [0.1, 0.15) is 0 Å². The fourth-order valence-corrected chi connectivity index (χ4v) is 2.15. The Morgan fingerprint density at radius 3 is 2.45 bits per heavy atom. The molecule has 2 bridgehead atoms. The Labute approximate surface area is 68.4 Å². The van der Waals surface area contributed by atoms with Crippen LogP contribution in [-0.4, -0.2) is 62.2 Å². The van der Waals surface area contributed by atoms with E-state index >= 15 is 0 Å². The van der Waals surface area contributed by atoms with E-state index in [9.17, 15) is 0 Å². The maximum absolute atomic E-state index is 3.25. The molecule has 11 heavy (non-hydrogen) atoms. The number of nitrogens with one attached hydrogen (secondary N) is 1. The summed E-state index contributed by atoms with van der Waals surface area (Å²) >= 11 is 0. The molecule has 0 radical (unpaired) electrons. The molecule has 3 heteroatoms. The van der Waals surface area contributed by atoms with Gasteiger partial charge in [0.05, 0.1) is 0 Å². The van der Waals surface area contributed by atoms with E-state index in [0.717, 1.165) is 12.6 Å². The Bertz CT molecular complexity index is 129. The van der Waals surface area contributed by atoms with Crippen molar-refractivity contribution in [3.63, 3.8) is 0 Å². The van der Waals surface area contributed by atoms with Crippen molar-refractivity contribution in [1.29, 1.82) is 0 Å². The van der Waals surface area contributed by atoms with Crippen molar-refractivity contribution in [3.8, 4) is 0 Å². The highest BCUT2D eigenvalue weighted by Gasteiger charge is 2.30. The van der Waals surface area contributed by atoms with Gasteiger partial charge in [-0.2, -0.15) is 0 Å². The minimum absolute atomic E-state index is 0.780. The number of nitrogens with zero attached hydrogens (tertiary/aromatic N) is 2. The van der Waals surface area contributed by atoms with Gasteiger partial charge < -0.3 is 5.32 Å². The maximum Gasteiger partial charge on any atom is 0.0348 e. The Morgan fingerprint density at radius 2 is 2.00 bits per heavy atom. The molecule has 0 aromatic heterocycles. The fraction of sp³-hybridized carbons (Fsp3) is 1.00. The molecule has 1 N–H and O–H groups in total. The highest BCUT2D eigenvalue weighted by Crippen LogP contribution is 2.14. The standard InChI is InChI=1S/C8H17N3/c1-9-6-8-7-10-2-4-11(8)5-3-10/h8-9H,2-7H2,1H3/t8-/m0/s1. The van der Waals surface area contributed by atoms with Gasteiger partial charge in [-0.15, -0.1) is 0 Å². The first kappa shape index (κ1) is 7.53. The molecule has 0 aromatic rings. The van der Waals surface area contributed by atoms with Gasteiger partial charge in [-0.25, -0.2) is 0 Å². The molecule has 0 unspecified atom stereocenters. The molecule has 0 aliphatic carbocycles. The van der Waals surface area contributed by atoms with Crippen LogP contribution < -0.4 is 5.32 Å². The summed E-state index contributed by atoms with van der Waals surface area (Å²) in [7, 11) is 2.04. The van der Waals surface area contributed by atoms with Crippen molar-refractivity contribution in [2.75, 3.05) is 46.3 Å². The Kier molecular flexibility index (Phi) is 2.11. The number of rotatable bonds is 2. The molecule has 3 fully saturated rings. The second-order valence-corrected chi connectivity index (χ2v) is 3.55. The van der Waals surface area contributed by atoms with Crippen molar-refractivity contribution in [3.05, 3.63) is 0 Å². The van der Waals surface area contributed by atoms with Crippen LogP contribution in [0.2, 0.25) is 0 Å². The van der Waals surface area contributed by atoms with Crippen molar-refractivity contribution in [1.82, 2.24) is 15.1 Å². The third kappa shape index (κ3) is 1.41. The van der Waals surface area contributed by atoms with Gasteiger partial charge >= 0.3 is 0 Å². The van der Waals surface area contributed by atoms with E-state index in [1.54, 1.807) is 0 Å². The molecular formula is C8H17N3. The number of hydrogen-bond donors (Lipinski definition) is 1. The van der Waals surface area contributed by atoms with Gasteiger partial charge in [0, 0.05) is 45.3 Å². The van der Waals surface area contributed by atoms with Crippen molar-refractivity contribution in [2.24, 2.45) is 0 Å². The van der Waals surface area contributed by atoms with Crippen LogP contribution in [0.15, 0.2) is 0 Å². The molecule has 0 aromatic carbocycles. The topological polar surface area (TPSA) is 18.5 Å². The maximum atomic E-state index is 3.25. The zero-order valence-electron chi connectivity index (χ0n) is 7.21. The van der Waals surface area contributed by atoms with Crippen LogP contribution in [0.5, 0.6) is 0 Å². The van der Waals surface area contributed by atoms with Crippen LogP contribution in [0.3, 0.4) is 0 Å². The van der Waals surface area contributed by atoms with Crippen LogP contribution >= 0.6 is 0 Å². The summed E-state index contributed by atoms with van der Waals surface area (Å²) in [6, 6.07) is 0.780. The van der Waals surface area contributed by atoms with E-state index < -0.39 is 0 Å². The molecule has 64 valence electrons. The van der Waals surface area contributed by atoms with Crippen LogP contribution in [0, 0.1) is 0 Å². The zero-order chi connectivity index (χ0) is 7.68. The summed E-state index contributed by atoms with van der Waals surface area (Å²) in [5.41, 5.74) is 0. The highest BCUT2D eigenvalue weighted by atomic mass is 15.3. The largest absolute Gasteiger partial charge is 0.318 e. The van der Waals surface area contributed by atoms with E-state index in [1.807, 2.05) is 7.05 Å². The molecule has 1 atom stereocenters. The fourth-order valence-electron chi connectivity index (χ4n) is 2.15. The molecule has 0 saturated carbocycles. The van der Waals surface area contributed by atoms with Crippen LogP contribution in [0.4, 0.5) is 0 Å². The Hall–Kier alpha value is -0.120. The van der Waals surface area contributed by atoms with E-state index in [2.05, 4.69) is 15.1 Å². The summed E-state index contributed by atoms with van der Waals surface area (Å²) in [6.45, 7) is 7.58. The molecular weight excluding hydrogens is 138 g/mol. The second-order valence-electron chi connectivity index (χ2n) is 3.55. The Balaban J connectivity index is 1.92. The average Bonchev–Trinajstić information content (AvgIpc) is 2.07. The molecule has 3 heterocycles. The van der Waals surface area contributed by atoms with E-state index in [-0.39, 0.29) is 0 Å². The normalized spacial score (nSPS) is 42.8. The van der Waals surface area contributed by atoms with Crippen LogP contribution in [0.1, 0.15) is 0 Å². The number of likely N-dealkylation sites (N-methyl/N-ethyl adjacent to an activating group) is 1. The molecule has 3 aliphatic heterocycles. The molecule has 3 rings (SSSR count). The predicted octanol–water partition coefficient (Wildman–Crippen LogP) is -0.794. The summed E-state index contributed by atoms with van der Waals surface area (Å²) < 4.78 is 0. The molecule has 0 amide bonds. The van der Waals surface area contributed by atoms with Gasteiger partial charge in [0.15, 0.2) is 0 Å². The molecule has 0 spiro atoms. The highest BCUT2D eigenvalue weighted by molar-refractivity contribution is 4.88. The SMILES string of the molecule is CNC[C@H]1CN2CCN1CC2. The third-order valence-corrected chi connectivity index (χ3v) is 2.83. The average molecular weight is 155 g/mol. The number of fused-ring (bicyclic) bond motifs is 3. The second kappa shape index (κ2) is 3.09. The number of hydrogen-bond acceptors (Lipinski definition) is 3. The van der Waals surface area contributed by atoms with Gasteiger partial charge in [-0.1, -0.05) is 0 Å². The first-order chi connectivity index (χ1) is 5.40. The predicted molar refractivity (Wildman–Crippen MR) is 45.7 cm³/mol. The first-order valence-corrected chi connectivity index (χ1v) is 4.51. The summed E-state index contributed by atoms with van der Waals surface area (Å²) in [6.07, 6.45) is 0. The van der Waals surface area contributed by atoms with Gasteiger partial charge in [0.2, 0.25) is 0 Å². The van der Waals surface area contributed by atoms with Crippen LogP contribution in [-0.2, 0) is 0 Å². The summed E-state index contributed by atoms with van der Waals surface area (Å²) in [4.78, 5) is 5.18. The third-order valence-electron chi connectivity index (χ3n) is 2.83. The van der Waals surface area contributed by atoms with E-state index in [4.69, 9.17) is 0 Å². The molecule has 3 saturated heterocycles. The van der Waals surface area contributed by atoms with Gasteiger partial charge in [0.25, 0.3) is 0 Å². The summed E-state index contributed by atoms with van der Waals surface area (Å²) in [5, 5.41) is 3.25. The lowest BCUT2D eigenvalue weighted by Gasteiger charge is -2.47. The smallest absolute Gasteiger partial charge is 0.0348 e. The minimum Gasteiger partial charge on any atom is -0.318 e. The quantitative estimate of drug-likeness (QED) is 0.563. The van der Waals surface area contributed by atoms with Crippen molar-refractivity contribution >= 4 is 0 Å². The molecule has 3 nitrogen and oxygen atoms in total. The van der Waals surface area contributed by atoms with Crippen molar-refractivity contribution < 1.29 is 0 Å². The zero-order valence-corrected chi connectivity index (χ0v) is 7.21. The Morgan fingerprint density at radius 1 is 1.27 bits per heavy atom. The van der Waals surface area contributed by atoms with E-state index in [1.165, 1.54) is 32.7 Å². The minimum atomic E-state index is 0.780. The first-order valence-electron chi connectivity index (χ1n) is 4.51. The lowest BCUT2D eigenvalue weighted by molar-refractivity contribution is 0.0145.